The summed E-state index contributed by atoms with van der Waals surface area (Å²) in [5.41, 5.74) is 1.84. The number of halogens is 1. The van der Waals surface area contributed by atoms with Gasteiger partial charge in [0.05, 0.1) is 5.56 Å². The van der Waals surface area contributed by atoms with Crippen LogP contribution in [0.15, 0.2) is 22.9 Å². The second kappa shape index (κ2) is 4.93. The second-order valence-corrected chi connectivity index (χ2v) is 4.73. The van der Waals surface area contributed by atoms with E-state index < -0.39 is 0 Å². The van der Waals surface area contributed by atoms with Crippen molar-refractivity contribution in [2.24, 2.45) is 0 Å². The highest BCUT2D eigenvalue weighted by atomic mass is 79.9. The third-order valence-corrected chi connectivity index (χ3v) is 3.29. The Hall–Kier alpha value is -1.27. The van der Waals surface area contributed by atoms with E-state index in [-0.39, 0.29) is 5.78 Å². The van der Waals surface area contributed by atoms with E-state index in [0.29, 0.717) is 22.4 Å². The number of hydrogen-bond acceptors (Lipinski definition) is 3. The van der Waals surface area contributed by atoms with Crippen LogP contribution in [0, 0.1) is 4.77 Å². The Bertz CT molecular complexity index is 617. The van der Waals surface area contributed by atoms with Gasteiger partial charge in [-0.2, -0.15) is 0 Å². The minimum Gasteiger partial charge on any atom is -0.334 e. The number of aromatic nitrogens is 3. The predicted molar refractivity (Wildman–Crippen MR) is 70.7 cm³/mol. The molecule has 0 bridgehead atoms. The number of pyridine rings is 1. The second-order valence-electron chi connectivity index (χ2n) is 3.47. The van der Waals surface area contributed by atoms with Crippen LogP contribution in [0.2, 0.25) is 0 Å². The van der Waals surface area contributed by atoms with Crippen LogP contribution in [0.5, 0.6) is 0 Å². The number of hydrogen-bond donors (Lipinski definition) is 2. The van der Waals surface area contributed by atoms with Crippen LogP contribution in [0.1, 0.15) is 28.7 Å². The van der Waals surface area contributed by atoms with Gasteiger partial charge in [-0.15, -0.1) is 0 Å². The van der Waals surface area contributed by atoms with Crippen LogP contribution in [-0.2, 0) is 6.42 Å². The summed E-state index contributed by atoms with van der Waals surface area (Å²) in [6.07, 6.45) is 3.88. The van der Waals surface area contributed by atoms with E-state index >= 15 is 0 Å². The third-order valence-electron chi connectivity index (χ3n) is 2.40. The summed E-state index contributed by atoms with van der Waals surface area (Å²) in [5.74, 6) is -0.117. The van der Waals surface area contributed by atoms with Gasteiger partial charge >= 0.3 is 0 Å². The van der Waals surface area contributed by atoms with E-state index in [1.165, 1.54) is 6.20 Å². The zero-order valence-electron chi connectivity index (χ0n) is 9.08. The molecule has 17 heavy (non-hydrogen) atoms. The molecule has 2 aromatic heterocycles. The fraction of sp³-hybridized carbons (Fsp3) is 0.182. The van der Waals surface area contributed by atoms with Gasteiger partial charge in [-0.3, -0.25) is 9.78 Å². The highest BCUT2D eigenvalue weighted by Gasteiger charge is 2.17. The summed E-state index contributed by atoms with van der Waals surface area (Å²) in [4.78, 5) is 22.1. The Morgan fingerprint density at radius 2 is 2.29 bits per heavy atom. The normalized spacial score (nSPS) is 10.5. The summed E-state index contributed by atoms with van der Waals surface area (Å²) in [7, 11) is 0. The van der Waals surface area contributed by atoms with Crippen LogP contribution in [0.3, 0.4) is 0 Å². The van der Waals surface area contributed by atoms with Crippen molar-refractivity contribution in [3.8, 4) is 0 Å². The van der Waals surface area contributed by atoms with Crippen LogP contribution >= 0.6 is 28.1 Å². The lowest BCUT2D eigenvalue weighted by Gasteiger charge is -2.02. The van der Waals surface area contributed by atoms with Crippen molar-refractivity contribution in [2.75, 3.05) is 0 Å². The molecule has 88 valence electrons. The van der Waals surface area contributed by atoms with Gasteiger partial charge in [-0.1, -0.05) is 6.92 Å². The molecule has 0 unspecified atom stereocenters. The number of imidazole rings is 1. The van der Waals surface area contributed by atoms with Crippen molar-refractivity contribution >= 4 is 33.9 Å². The molecule has 0 aliphatic rings. The average molecular weight is 312 g/mol. The van der Waals surface area contributed by atoms with Gasteiger partial charge in [-0.25, -0.2) is 0 Å². The Kier molecular flexibility index (Phi) is 3.54. The number of nitrogens with zero attached hydrogens (tertiary/aromatic N) is 1. The minimum atomic E-state index is -0.117. The molecule has 6 heteroatoms. The summed E-state index contributed by atoms with van der Waals surface area (Å²) in [5, 5.41) is 0. The van der Waals surface area contributed by atoms with E-state index in [9.17, 15) is 4.79 Å². The fourth-order valence-electron chi connectivity index (χ4n) is 1.56. The maximum atomic E-state index is 12.3. The SMILES string of the molecule is CCc1[nH]c(=S)[nH]c1C(=O)c1cnccc1Br. The largest absolute Gasteiger partial charge is 0.334 e. The van der Waals surface area contributed by atoms with Crippen LogP contribution in [-0.4, -0.2) is 20.7 Å². The van der Waals surface area contributed by atoms with Crippen LogP contribution in [0.4, 0.5) is 0 Å². The number of rotatable bonds is 3. The monoisotopic (exact) mass is 311 g/mol. The Morgan fingerprint density at radius 1 is 1.53 bits per heavy atom. The maximum absolute atomic E-state index is 12.3. The Labute approximate surface area is 112 Å². The maximum Gasteiger partial charge on any atom is 0.213 e. The topological polar surface area (TPSA) is 61.5 Å². The number of aryl methyl sites for hydroxylation is 1. The molecule has 0 atom stereocenters. The number of H-pyrrole nitrogens is 2. The van der Waals surface area contributed by atoms with Crippen molar-refractivity contribution in [3.63, 3.8) is 0 Å². The van der Waals surface area contributed by atoms with Crippen molar-refractivity contribution in [1.82, 2.24) is 15.0 Å². The molecule has 0 saturated carbocycles. The van der Waals surface area contributed by atoms with Gasteiger partial charge < -0.3 is 9.97 Å². The number of ketones is 1. The lowest BCUT2D eigenvalue weighted by atomic mass is 10.1. The molecule has 2 aromatic rings. The van der Waals surface area contributed by atoms with E-state index in [1.807, 2.05) is 6.92 Å². The highest BCUT2D eigenvalue weighted by molar-refractivity contribution is 9.10. The molecule has 0 radical (unpaired) electrons. The first kappa shape index (κ1) is 12.2. The molecular weight excluding hydrogens is 302 g/mol. The molecule has 0 fully saturated rings. The quantitative estimate of drug-likeness (QED) is 0.676. The number of carbonyl (C=O) groups excluding carboxylic acids is 1. The minimum absolute atomic E-state index is 0.117. The molecule has 0 aliphatic heterocycles. The van der Waals surface area contributed by atoms with Gasteiger partial charge in [0.1, 0.15) is 5.69 Å². The first-order valence-electron chi connectivity index (χ1n) is 5.08. The average Bonchev–Trinajstić information content (AvgIpc) is 2.70. The van der Waals surface area contributed by atoms with E-state index in [4.69, 9.17) is 12.2 Å². The highest BCUT2D eigenvalue weighted by Crippen LogP contribution is 2.19. The van der Waals surface area contributed by atoms with Crippen molar-refractivity contribution < 1.29 is 4.79 Å². The summed E-state index contributed by atoms with van der Waals surface area (Å²) in [6.45, 7) is 1.96. The molecule has 2 rings (SSSR count). The van der Waals surface area contributed by atoms with Crippen molar-refractivity contribution in [3.05, 3.63) is 44.7 Å². The molecule has 0 amide bonds. The predicted octanol–water partition coefficient (Wildman–Crippen LogP) is 3.02. The Balaban J connectivity index is 2.51. The molecule has 2 N–H and O–H groups in total. The number of carbonyl (C=O) groups is 1. The lowest BCUT2D eigenvalue weighted by Crippen LogP contribution is -2.06. The van der Waals surface area contributed by atoms with E-state index in [2.05, 4.69) is 30.9 Å². The summed E-state index contributed by atoms with van der Waals surface area (Å²) < 4.78 is 1.19. The van der Waals surface area contributed by atoms with Gasteiger partial charge in [-0.05, 0) is 40.6 Å². The van der Waals surface area contributed by atoms with Crippen molar-refractivity contribution in [2.45, 2.75) is 13.3 Å². The third kappa shape index (κ3) is 2.37. The first-order valence-corrected chi connectivity index (χ1v) is 6.29. The van der Waals surface area contributed by atoms with Crippen LogP contribution < -0.4 is 0 Å². The first-order chi connectivity index (χ1) is 8.13. The van der Waals surface area contributed by atoms with Gasteiger partial charge in [0.2, 0.25) is 5.78 Å². The van der Waals surface area contributed by atoms with Crippen molar-refractivity contribution in [1.29, 1.82) is 0 Å². The standard InChI is InChI=1S/C11H10BrN3OS/c1-2-8-9(15-11(17)14-8)10(16)6-5-13-4-3-7(6)12/h3-5H,2H2,1H3,(H2,14,15,17). The lowest BCUT2D eigenvalue weighted by molar-refractivity contribution is 0.103. The van der Waals surface area contributed by atoms with E-state index in [0.717, 1.165) is 10.2 Å². The van der Waals surface area contributed by atoms with Gasteiger partial charge in [0.25, 0.3) is 0 Å². The molecule has 2 heterocycles. The van der Waals surface area contributed by atoms with Gasteiger partial charge in [0.15, 0.2) is 4.77 Å². The molecule has 0 spiro atoms. The smallest absolute Gasteiger partial charge is 0.213 e. The molecular formula is C11H10BrN3OS. The molecule has 0 aliphatic carbocycles. The Morgan fingerprint density at radius 3 is 2.94 bits per heavy atom. The molecule has 0 aromatic carbocycles. The molecule has 4 nitrogen and oxygen atoms in total. The molecule has 0 saturated heterocycles. The van der Waals surface area contributed by atoms with Gasteiger partial charge in [0, 0.05) is 22.6 Å². The number of nitrogens with one attached hydrogen (secondary N) is 2. The van der Waals surface area contributed by atoms with E-state index in [1.54, 1.807) is 12.3 Å². The van der Waals surface area contributed by atoms with Crippen LogP contribution in [0.25, 0.3) is 0 Å². The summed E-state index contributed by atoms with van der Waals surface area (Å²) in [6, 6.07) is 1.74. The number of aromatic amines is 2. The zero-order valence-corrected chi connectivity index (χ0v) is 11.5. The fourth-order valence-corrected chi connectivity index (χ4v) is 2.18. The zero-order chi connectivity index (χ0) is 12.4. The summed E-state index contributed by atoms with van der Waals surface area (Å²) >= 11 is 8.33.